The summed E-state index contributed by atoms with van der Waals surface area (Å²) in [6, 6.07) is 24.3. The summed E-state index contributed by atoms with van der Waals surface area (Å²) in [5.74, 6) is 0.333. The average molecular weight is 667 g/mol. The summed E-state index contributed by atoms with van der Waals surface area (Å²) < 4.78 is 51.9. The van der Waals surface area contributed by atoms with Crippen LogP contribution in [-0.4, -0.2) is 74.5 Å². The third-order valence-electron chi connectivity index (χ3n) is 8.83. The van der Waals surface area contributed by atoms with Crippen LogP contribution >= 0.6 is 0 Å². The second-order valence-electron chi connectivity index (χ2n) is 12.2. The van der Waals surface area contributed by atoms with E-state index in [0.717, 1.165) is 34.9 Å². The van der Waals surface area contributed by atoms with Gasteiger partial charge in [-0.2, -0.15) is 0 Å². The number of hydrogen-bond acceptors (Lipinski definition) is 9. The topological polar surface area (TPSA) is 133 Å². The number of nitrogens with one attached hydrogen (secondary N) is 1. The number of amides is 1. The number of aliphatic hydroxyl groups excluding tert-OH is 1. The van der Waals surface area contributed by atoms with E-state index >= 15 is 0 Å². The zero-order chi connectivity index (χ0) is 32.6. The number of nitrogens with zero attached hydrogens (tertiary/aromatic N) is 1. The van der Waals surface area contributed by atoms with Crippen molar-refractivity contribution in [2.75, 3.05) is 19.8 Å². The van der Waals surface area contributed by atoms with E-state index in [1.807, 2.05) is 60.7 Å². The summed E-state index contributed by atoms with van der Waals surface area (Å²) >= 11 is 0. The average Bonchev–Trinajstić information content (AvgIpc) is 3.85. The van der Waals surface area contributed by atoms with E-state index in [9.17, 15) is 18.3 Å². The molecule has 1 aliphatic carbocycles. The Balaban J connectivity index is 1.19. The van der Waals surface area contributed by atoms with Gasteiger partial charge in [-0.05, 0) is 48.9 Å². The first-order chi connectivity index (χ1) is 22.8. The molecule has 12 heteroatoms. The fourth-order valence-corrected chi connectivity index (χ4v) is 7.58. The molecule has 1 saturated carbocycles. The predicted octanol–water partition coefficient (Wildman–Crippen LogP) is 4.59. The lowest BCUT2D eigenvalue weighted by molar-refractivity contribution is -0.145. The van der Waals surface area contributed by atoms with Crippen LogP contribution in [0.25, 0.3) is 0 Å². The summed E-state index contributed by atoms with van der Waals surface area (Å²) in [6.07, 6.45) is 0.963. The van der Waals surface area contributed by atoms with Crippen LogP contribution in [0.3, 0.4) is 0 Å². The number of fused-ring (bicyclic) bond motifs is 1. The largest absolute Gasteiger partial charge is 0.489 e. The monoisotopic (exact) mass is 666 g/mol. The van der Waals surface area contributed by atoms with Crippen LogP contribution in [0, 0.1) is 5.92 Å². The highest BCUT2D eigenvalue weighted by Gasteiger charge is 2.44. The Bertz CT molecular complexity index is 1550. The zero-order valence-corrected chi connectivity index (χ0v) is 27.0. The van der Waals surface area contributed by atoms with Gasteiger partial charge in [0.2, 0.25) is 0 Å². The Kier molecular flexibility index (Phi) is 11.1. The van der Waals surface area contributed by atoms with Gasteiger partial charge in [0, 0.05) is 6.07 Å². The molecular formula is C35H42N2O9S. The van der Waals surface area contributed by atoms with Crippen LogP contribution in [0.2, 0.25) is 0 Å². The summed E-state index contributed by atoms with van der Waals surface area (Å²) in [5, 5.41) is 14.4. The highest BCUT2D eigenvalue weighted by atomic mass is 32.2. The van der Waals surface area contributed by atoms with Gasteiger partial charge in [0.1, 0.15) is 18.5 Å². The van der Waals surface area contributed by atoms with Crippen molar-refractivity contribution in [2.24, 2.45) is 5.92 Å². The standard InChI is InChI=1S/C35H42N2O9S/c38-32(31(20-25-10-3-1-4-11-25)36-35(39)45-33-24-44-34-30(33)18-19-42-34)22-37(46-27-14-7-8-15-27)47(40,41)29-17-9-16-28(21-29)43-23-26-12-5-2-6-13-26/h1-6,9-13,16-17,21,27,30-34,38H,7-8,14-15,18-20,22-24H2,(H,36,39)/t30-,31-,32-,33-,34+/m0/s1. The summed E-state index contributed by atoms with van der Waals surface area (Å²) in [6.45, 7) is 0.621. The van der Waals surface area contributed by atoms with Crippen LogP contribution < -0.4 is 10.1 Å². The maximum atomic E-state index is 14.1. The maximum absolute atomic E-state index is 14.1. The van der Waals surface area contributed by atoms with E-state index in [1.54, 1.807) is 12.1 Å². The summed E-state index contributed by atoms with van der Waals surface area (Å²) in [7, 11) is -4.26. The molecule has 6 rings (SSSR count). The van der Waals surface area contributed by atoms with E-state index in [0.29, 0.717) is 25.2 Å². The molecule has 2 saturated heterocycles. The van der Waals surface area contributed by atoms with Crippen LogP contribution in [0.1, 0.15) is 43.2 Å². The molecule has 0 bridgehead atoms. The number of ether oxygens (including phenoxy) is 4. The highest BCUT2D eigenvalue weighted by molar-refractivity contribution is 7.89. The SMILES string of the molecule is O=C(N[C@@H](Cc1ccccc1)[C@@H](O)CN(OC1CCCC1)S(=O)(=O)c1cccc(OCc2ccccc2)c1)O[C@H]1CO[C@H]2OCC[C@H]21. The van der Waals surface area contributed by atoms with Gasteiger partial charge in [0.25, 0.3) is 10.0 Å². The van der Waals surface area contributed by atoms with Crippen molar-refractivity contribution < 1.29 is 42.1 Å². The molecule has 11 nitrogen and oxygen atoms in total. The third-order valence-corrected chi connectivity index (χ3v) is 10.5. The lowest BCUT2D eigenvalue weighted by atomic mass is 10.0. The Hall–Kier alpha value is -3.52. The van der Waals surface area contributed by atoms with Gasteiger partial charge < -0.3 is 29.4 Å². The van der Waals surface area contributed by atoms with E-state index in [2.05, 4.69) is 5.32 Å². The molecule has 0 unspecified atom stereocenters. The van der Waals surface area contributed by atoms with Crippen LogP contribution in [0.15, 0.2) is 89.8 Å². The van der Waals surface area contributed by atoms with Crippen LogP contribution in [0.4, 0.5) is 4.79 Å². The quantitative estimate of drug-likeness (QED) is 0.237. The maximum Gasteiger partial charge on any atom is 0.407 e. The first kappa shape index (κ1) is 33.4. The minimum Gasteiger partial charge on any atom is -0.489 e. The molecular weight excluding hydrogens is 624 g/mol. The number of carbonyl (C=O) groups is 1. The Morgan fingerprint density at radius 2 is 1.66 bits per heavy atom. The smallest absolute Gasteiger partial charge is 0.407 e. The molecule has 0 aromatic heterocycles. The van der Waals surface area contributed by atoms with Crippen molar-refractivity contribution in [3.63, 3.8) is 0 Å². The molecule has 3 aromatic rings. The molecule has 0 radical (unpaired) electrons. The van der Waals surface area contributed by atoms with Gasteiger partial charge in [0.05, 0.1) is 48.8 Å². The Morgan fingerprint density at radius 3 is 2.40 bits per heavy atom. The van der Waals surface area contributed by atoms with Crippen molar-refractivity contribution in [3.8, 4) is 5.75 Å². The number of benzene rings is 3. The lowest BCUT2D eigenvalue weighted by Crippen LogP contribution is -2.51. The van der Waals surface area contributed by atoms with Crippen molar-refractivity contribution in [2.45, 2.75) is 80.7 Å². The van der Waals surface area contributed by atoms with E-state index in [4.69, 9.17) is 23.8 Å². The number of alkyl carbamates (subject to hydrolysis) is 1. The normalized spacial score (nSPS) is 22.6. The minimum absolute atomic E-state index is 0.0326. The predicted molar refractivity (Wildman–Crippen MR) is 172 cm³/mol. The minimum atomic E-state index is -4.26. The molecule has 252 valence electrons. The number of carbonyl (C=O) groups excluding carboxylic acids is 1. The van der Waals surface area contributed by atoms with Crippen molar-refractivity contribution in [1.29, 1.82) is 0 Å². The number of sulfonamides is 1. The Labute approximate surface area is 275 Å². The van der Waals surface area contributed by atoms with E-state index < -0.39 is 40.9 Å². The van der Waals surface area contributed by atoms with Crippen LogP contribution in [0.5, 0.6) is 5.75 Å². The Morgan fingerprint density at radius 1 is 0.936 bits per heavy atom. The molecule has 2 heterocycles. The molecule has 5 atom stereocenters. The molecule has 3 fully saturated rings. The van der Waals surface area contributed by atoms with Gasteiger partial charge in [-0.1, -0.05) is 84.0 Å². The fraction of sp³-hybridized carbons (Fsp3) is 0.457. The van der Waals surface area contributed by atoms with Crippen LogP contribution in [-0.2, 0) is 42.1 Å². The van der Waals surface area contributed by atoms with Crippen molar-refractivity contribution in [1.82, 2.24) is 9.79 Å². The first-order valence-corrected chi connectivity index (χ1v) is 17.7. The molecule has 47 heavy (non-hydrogen) atoms. The fourth-order valence-electron chi connectivity index (χ4n) is 6.24. The highest BCUT2D eigenvalue weighted by Crippen LogP contribution is 2.33. The molecule has 3 aliphatic rings. The second kappa shape index (κ2) is 15.6. The lowest BCUT2D eigenvalue weighted by Gasteiger charge is -2.31. The summed E-state index contributed by atoms with van der Waals surface area (Å²) in [4.78, 5) is 19.2. The van der Waals surface area contributed by atoms with Crippen molar-refractivity contribution in [3.05, 3.63) is 96.1 Å². The van der Waals surface area contributed by atoms with Gasteiger partial charge in [-0.3, -0.25) is 4.84 Å². The van der Waals surface area contributed by atoms with Crippen molar-refractivity contribution >= 4 is 16.1 Å². The number of hydrogen-bond donors (Lipinski definition) is 2. The third kappa shape index (κ3) is 8.69. The second-order valence-corrected chi connectivity index (χ2v) is 14.1. The number of rotatable bonds is 14. The number of aliphatic hydroxyl groups is 1. The van der Waals surface area contributed by atoms with E-state index in [1.165, 1.54) is 12.1 Å². The molecule has 1 amide bonds. The molecule has 3 aromatic carbocycles. The number of hydroxylamine groups is 1. The van der Waals surface area contributed by atoms with Gasteiger partial charge >= 0.3 is 6.09 Å². The molecule has 0 spiro atoms. The summed E-state index contributed by atoms with van der Waals surface area (Å²) in [5.41, 5.74) is 1.79. The van der Waals surface area contributed by atoms with Gasteiger partial charge in [-0.25, -0.2) is 13.2 Å². The van der Waals surface area contributed by atoms with Gasteiger partial charge in [-0.15, -0.1) is 0 Å². The van der Waals surface area contributed by atoms with Gasteiger partial charge in [0.15, 0.2) is 6.29 Å². The zero-order valence-electron chi connectivity index (χ0n) is 26.2. The van der Waals surface area contributed by atoms with E-state index in [-0.39, 0.29) is 42.8 Å². The molecule has 2 aliphatic heterocycles. The first-order valence-electron chi connectivity index (χ1n) is 16.2. The molecule has 2 N–H and O–H groups in total.